The third-order valence-corrected chi connectivity index (χ3v) is 5.24. The lowest BCUT2D eigenvalue weighted by Crippen LogP contribution is -2.11. The summed E-state index contributed by atoms with van der Waals surface area (Å²) in [6.45, 7) is 0.111. The molecule has 0 nitrogen and oxygen atoms in total. The zero-order valence-electron chi connectivity index (χ0n) is 8.17. The van der Waals surface area contributed by atoms with Gasteiger partial charge in [-0.25, -0.2) is 0 Å². The Kier molecular flexibility index (Phi) is 5.38. The molecule has 0 atom stereocenters. The number of hydrogen-bond acceptors (Lipinski definition) is 1. The zero-order valence-corrected chi connectivity index (χ0v) is 11.5. The molecule has 0 amide bonds. The first kappa shape index (κ1) is 12.4. The predicted octanol–water partition coefficient (Wildman–Crippen LogP) is 4.72. The van der Waals surface area contributed by atoms with Crippen LogP contribution in [0.4, 0.5) is 0 Å². The fourth-order valence-corrected chi connectivity index (χ4v) is 3.82. The SMILES string of the molecule is C[Si](Cl)(Cl)CCCSc1ccccc1. The van der Waals surface area contributed by atoms with Crippen molar-refractivity contribution in [1.82, 2.24) is 0 Å². The Labute approximate surface area is 100 Å². The zero-order chi connectivity index (χ0) is 10.4. The summed E-state index contributed by atoms with van der Waals surface area (Å²) in [5, 5.41) is 0. The molecule has 0 unspecified atom stereocenters. The lowest BCUT2D eigenvalue weighted by Gasteiger charge is -2.08. The standard InChI is InChI=1S/C10H14Cl2SSi/c1-14(11,12)9-5-8-13-10-6-3-2-4-7-10/h2-4,6-7H,5,8-9H2,1H3. The van der Waals surface area contributed by atoms with E-state index in [1.807, 2.05) is 24.4 Å². The molecule has 0 saturated carbocycles. The second-order valence-electron chi connectivity index (χ2n) is 3.34. The Hall–Kier alpha value is 0.367. The largest absolute Gasteiger partial charge is 0.248 e. The number of thioether (sulfide) groups is 1. The van der Waals surface area contributed by atoms with Crippen LogP contribution < -0.4 is 0 Å². The van der Waals surface area contributed by atoms with E-state index in [2.05, 4.69) is 24.3 Å². The fourth-order valence-electron chi connectivity index (χ4n) is 1.09. The van der Waals surface area contributed by atoms with Crippen LogP contribution in [0.3, 0.4) is 0 Å². The highest BCUT2D eigenvalue weighted by molar-refractivity contribution is 7.99. The maximum Gasteiger partial charge on any atom is 0.248 e. The Morgan fingerprint density at radius 2 is 1.86 bits per heavy atom. The van der Waals surface area contributed by atoms with Gasteiger partial charge < -0.3 is 0 Å². The molecule has 1 rings (SSSR count). The van der Waals surface area contributed by atoms with Crippen molar-refractivity contribution in [3.8, 4) is 0 Å². The Balaban J connectivity index is 2.17. The summed E-state index contributed by atoms with van der Waals surface area (Å²) < 4.78 is 0. The quantitative estimate of drug-likeness (QED) is 0.321. The first-order chi connectivity index (χ1) is 6.58. The minimum Gasteiger partial charge on any atom is -0.146 e. The van der Waals surface area contributed by atoms with E-state index in [1.54, 1.807) is 0 Å². The first-order valence-electron chi connectivity index (χ1n) is 4.64. The molecule has 0 fully saturated rings. The molecule has 0 aliphatic carbocycles. The molecule has 0 heterocycles. The van der Waals surface area contributed by atoms with E-state index in [-0.39, 0.29) is 0 Å². The lowest BCUT2D eigenvalue weighted by atomic mass is 10.4. The van der Waals surface area contributed by atoms with Gasteiger partial charge in [-0.2, -0.15) is 0 Å². The van der Waals surface area contributed by atoms with Gasteiger partial charge >= 0.3 is 0 Å². The van der Waals surface area contributed by atoms with Crippen LogP contribution in [0.1, 0.15) is 6.42 Å². The number of halogens is 2. The second kappa shape index (κ2) is 6.06. The van der Waals surface area contributed by atoms with Crippen LogP contribution in [0.25, 0.3) is 0 Å². The summed E-state index contributed by atoms with van der Waals surface area (Å²) in [5.74, 6) is 1.10. The minimum atomic E-state index is -1.86. The summed E-state index contributed by atoms with van der Waals surface area (Å²) in [6, 6.07) is 11.4. The molecular formula is C10H14Cl2SSi. The molecule has 0 spiro atoms. The Morgan fingerprint density at radius 3 is 2.43 bits per heavy atom. The van der Waals surface area contributed by atoms with Crippen molar-refractivity contribution >= 4 is 40.6 Å². The molecule has 0 aliphatic rings. The van der Waals surface area contributed by atoms with Crippen molar-refractivity contribution in [1.29, 1.82) is 0 Å². The van der Waals surface area contributed by atoms with Crippen LogP contribution in [-0.2, 0) is 0 Å². The second-order valence-corrected chi connectivity index (χ2v) is 12.7. The van der Waals surface area contributed by atoms with Crippen LogP contribution in [0.5, 0.6) is 0 Å². The molecule has 0 aromatic heterocycles. The minimum absolute atomic E-state index is 0.982. The molecule has 0 N–H and O–H groups in total. The van der Waals surface area contributed by atoms with Crippen molar-refractivity contribution in [3.63, 3.8) is 0 Å². The molecule has 0 aliphatic heterocycles. The molecule has 4 heteroatoms. The Bertz CT molecular complexity index is 259. The molecule has 0 saturated heterocycles. The monoisotopic (exact) mass is 264 g/mol. The van der Waals surface area contributed by atoms with E-state index in [1.165, 1.54) is 4.90 Å². The van der Waals surface area contributed by atoms with Gasteiger partial charge in [-0.15, -0.1) is 33.9 Å². The van der Waals surface area contributed by atoms with Crippen LogP contribution in [0, 0.1) is 0 Å². The molecule has 0 bridgehead atoms. The topological polar surface area (TPSA) is 0 Å². The third-order valence-electron chi connectivity index (χ3n) is 1.77. The fraction of sp³-hybridized carbons (Fsp3) is 0.400. The molecule has 14 heavy (non-hydrogen) atoms. The maximum absolute atomic E-state index is 6.01. The average Bonchev–Trinajstić information content (AvgIpc) is 2.13. The van der Waals surface area contributed by atoms with Crippen molar-refractivity contribution in [2.24, 2.45) is 0 Å². The van der Waals surface area contributed by atoms with Gasteiger partial charge in [-0.1, -0.05) is 18.2 Å². The van der Waals surface area contributed by atoms with Gasteiger partial charge in [0.2, 0.25) is 6.69 Å². The van der Waals surface area contributed by atoms with Gasteiger partial charge in [0.15, 0.2) is 0 Å². The number of benzene rings is 1. The maximum atomic E-state index is 6.01. The van der Waals surface area contributed by atoms with Crippen molar-refractivity contribution in [3.05, 3.63) is 30.3 Å². The van der Waals surface area contributed by atoms with Crippen molar-refractivity contribution < 1.29 is 0 Å². The van der Waals surface area contributed by atoms with Gasteiger partial charge in [0.25, 0.3) is 0 Å². The molecule has 0 radical (unpaired) electrons. The van der Waals surface area contributed by atoms with Crippen LogP contribution in [0.15, 0.2) is 35.2 Å². The summed E-state index contributed by atoms with van der Waals surface area (Å²) in [4.78, 5) is 1.32. The van der Waals surface area contributed by atoms with Gasteiger partial charge in [-0.3, -0.25) is 0 Å². The van der Waals surface area contributed by atoms with E-state index in [9.17, 15) is 0 Å². The molecule has 78 valence electrons. The summed E-state index contributed by atoms with van der Waals surface area (Å²) >= 11 is 13.9. The first-order valence-corrected chi connectivity index (χ1v) is 10.4. The van der Waals surface area contributed by atoms with Crippen molar-refractivity contribution in [2.45, 2.75) is 23.9 Å². The van der Waals surface area contributed by atoms with Crippen LogP contribution in [0.2, 0.25) is 12.6 Å². The highest BCUT2D eigenvalue weighted by Crippen LogP contribution is 2.25. The molecule has 1 aromatic rings. The summed E-state index contributed by atoms with van der Waals surface area (Å²) in [7, 11) is 0. The average molecular weight is 265 g/mol. The number of hydrogen-bond donors (Lipinski definition) is 0. The molecule has 1 aromatic carbocycles. The van der Waals surface area contributed by atoms with Crippen LogP contribution >= 0.6 is 33.9 Å². The molecular weight excluding hydrogens is 251 g/mol. The van der Waals surface area contributed by atoms with E-state index < -0.39 is 6.69 Å². The van der Waals surface area contributed by atoms with Gasteiger partial charge in [0.1, 0.15) is 0 Å². The number of rotatable bonds is 5. The van der Waals surface area contributed by atoms with Crippen molar-refractivity contribution in [2.75, 3.05) is 5.75 Å². The predicted molar refractivity (Wildman–Crippen MR) is 69.9 cm³/mol. The van der Waals surface area contributed by atoms with E-state index in [0.717, 1.165) is 18.2 Å². The highest BCUT2D eigenvalue weighted by atomic mass is 35.7. The van der Waals surface area contributed by atoms with Gasteiger partial charge in [0.05, 0.1) is 0 Å². The van der Waals surface area contributed by atoms with Gasteiger partial charge in [-0.05, 0) is 36.9 Å². The normalized spacial score (nSPS) is 11.6. The summed E-state index contributed by atoms with van der Waals surface area (Å²) in [6.07, 6.45) is 1.11. The highest BCUT2D eigenvalue weighted by Gasteiger charge is 2.19. The lowest BCUT2D eigenvalue weighted by molar-refractivity contribution is 1.08. The smallest absolute Gasteiger partial charge is 0.146 e. The van der Waals surface area contributed by atoms with Crippen LogP contribution in [-0.4, -0.2) is 12.4 Å². The van der Waals surface area contributed by atoms with E-state index >= 15 is 0 Å². The van der Waals surface area contributed by atoms with E-state index in [0.29, 0.717) is 0 Å². The third kappa shape index (κ3) is 5.97. The van der Waals surface area contributed by atoms with Gasteiger partial charge in [0, 0.05) is 4.90 Å². The summed E-state index contributed by atoms with van der Waals surface area (Å²) in [5.41, 5.74) is 0. The Morgan fingerprint density at radius 1 is 1.21 bits per heavy atom. The van der Waals surface area contributed by atoms with E-state index in [4.69, 9.17) is 22.2 Å².